The van der Waals surface area contributed by atoms with Gasteiger partial charge in [0.15, 0.2) is 5.82 Å². The molecule has 0 saturated carbocycles. The van der Waals surface area contributed by atoms with Crippen molar-refractivity contribution in [3.63, 3.8) is 0 Å². The molecule has 0 aliphatic rings. The molecule has 0 bridgehead atoms. The molecule has 0 aliphatic carbocycles. The lowest BCUT2D eigenvalue weighted by Gasteiger charge is -2.09. The highest BCUT2D eigenvalue weighted by atomic mass is 15.3. The van der Waals surface area contributed by atoms with E-state index < -0.39 is 0 Å². The van der Waals surface area contributed by atoms with Crippen molar-refractivity contribution in [2.75, 3.05) is 5.73 Å². The third-order valence-corrected chi connectivity index (χ3v) is 3.37. The average molecular weight is 288 g/mol. The van der Waals surface area contributed by atoms with Crippen LogP contribution in [0.1, 0.15) is 0 Å². The summed E-state index contributed by atoms with van der Waals surface area (Å²) in [5.41, 5.74) is 8.39. The predicted molar refractivity (Wildman–Crippen MR) is 84.3 cm³/mol. The van der Waals surface area contributed by atoms with E-state index in [-0.39, 0.29) is 0 Å². The van der Waals surface area contributed by atoms with Gasteiger partial charge in [0.1, 0.15) is 11.5 Å². The molecular formula is C16H12N6. The number of pyridine rings is 1. The Labute approximate surface area is 126 Å². The number of anilines is 1. The number of benzene rings is 1. The number of fused-ring (bicyclic) bond motifs is 1. The molecule has 3 heterocycles. The smallest absolute Gasteiger partial charge is 0.182 e. The van der Waals surface area contributed by atoms with E-state index in [1.54, 1.807) is 23.3 Å². The number of rotatable bonds is 2. The summed E-state index contributed by atoms with van der Waals surface area (Å²) in [7, 11) is 0. The second kappa shape index (κ2) is 4.92. The van der Waals surface area contributed by atoms with Crippen molar-refractivity contribution in [1.82, 2.24) is 24.7 Å². The quantitative estimate of drug-likeness (QED) is 0.612. The Morgan fingerprint density at radius 1 is 1.00 bits per heavy atom. The van der Waals surface area contributed by atoms with Crippen LogP contribution in [-0.4, -0.2) is 24.7 Å². The van der Waals surface area contributed by atoms with Crippen LogP contribution in [-0.2, 0) is 0 Å². The summed E-state index contributed by atoms with van der Waals surface area (Å²) in [4.78, 5) is 13.1. The van der Waals surface area contributed by atoms with Crippen LogP contribution in [0.4, 0.5) is 5.82 Å². The molecule has 0 radical (unpaired) electrons. The van der Waals surface area contributed by atoms with Crippen molar-refractivity contribution >= 4 is 16.7 Å². The molecule has 0 saturated heterocycles. The molecule has 3 aromatic heterocycles. The zero-order valence-corrected chi connectivity index (χ0v) is 11.6. The van der Waals surface area contributed by atoms with E-state index in [1.165, 1.54) is 0 Å². The molecule has 6 nitrogen and oxygen atoms in total. The van der Waals surface area contributed by atoms with Crippen LogP contribution in [0.5, 0.6) is 0 Å². The Hall–Kier alpha value is -3.28. The van der Waals surface area contributed by atoms with Gasteiger partial charge in [-0.3, -0.25) is 4.98 Å². The van der Waals surface area contributed by atoms with Gasteiger partial charge in [0.05, 0.1) is 11.7 Å². The average Bonchev–Trinajstić information content (AvgIpc) is 3.09. The van der Waals surface area contributed by atoms with Crippen molar-refractivity contribution in [3.8, 4) is 17.1 Å². The molecule has 106 valence electrons. The maximum Gasteiger partial charge on any atom is 0.182 e. The Kier molecular flexibility index (Phi) is 2.79. The maximum atomic E-state index is 5.78. The van der Waals surface area contributed by atoms with Gasteiger partial charge in [-0.2, -0.15) is 5.10 Å². The highest BCUT2D eigenvalue weighted by Gasteiger charge is 2.12. The normalized spacial score (nSPS) is 10.9. The van der Waals surface area contributed by atoms with Crippen LogP contribution in [0.25, 0.3) is 28.0 Å². The SMILES string of the molecule is Nc1cnc(-c2ccc3ncccc3c2)c(-n2cccn2)n1. The second-order valence-electron chi connectivity index (χ2n) is 4.83. The first-order valence-corrected chi connectivity index (χ1v) is 6.79. The van der Waals surface area contributed by atoms with Crippen LogP contribution in [0, 0.1) is 0 Å². The minimum absolute atomic E-state index is 0.358. The van der Waals surface area contributed by atoms with Crippen LogP contribution in [0.3, 0.4) is 0 Å². The zero-order valence-electron chi connectivity index (χ0n) is 11.6. The van der Waals surface area contributed by atoms with Crippen LogP contribution < -0.4 is 5.73 Å². The predicted octanol–water partition coefficient (Wildman–Crippen LogP) is 2.46. The van der Waals surface area contributed by atoms with Gasteiger partial charge in [-0.1, -0.05) is 12.1 Å². The van der Waals surface area contributed by atoms with Gasteiger partial charge in [0.2, 0.25) is 0 Å². The molecule has 0 fully saturated rings. The number of hydrogen-bond donors (Lipinski definition) is 1. The highest BCUT2D eigenvalue weighted by Crippen LogP contribution is 2.26. The maximum absolute atomic E-state index is 5.78. The van der Waals surface area contributed by atoms with Gasteiger partial charge in [0, 0.05) is 29.5 Å². The fourth-order valence-corrected chi connectivity index (χ4v) is 2.37. The van der Waals surface area contributed by atoms with Crippen molar-refractivity contribution in [2.24, 2.45) is 0 Å². The summed E-state index contributed by atoms with van der Waals surface area (Å²) in [5.74, 6) is 0.963. The lowest BCUT2D eigenvalue weighted by molar-refractivity contribution is 0.843. The van der Waals surface area contributed by atoms with E-state index in [0.717, 1.165) is 22.2 Å². The molecule has 1 aromatic carbocycles. The Balaban J connectivity index is 1.94. The minimum Gasteiger partial charge on any atom is -0.382 e. The van der Waals surface area contributed by atoms with Gasteiger partial charge in [-0.05, 0) is 24.3 Å². The molecule has 22 heavy (non-hydrogen) atoms. The van der Waals surface area contributed by atoms with E-state index in [4.69, 9.17) is 5.73 Å². The molecule has 0 atom stereocenters. The van der Waals surface area contributed by atoms with Crippen molar-refractivity contribution in [2.45, 2.75) is 0 Å². The van der Waals surface area contributed by atoms with E-state index in [0.29, 0.717) is 11.6 Å². The second-order valence-corrected chi connectivity index (χ2v) is 4.83. The standard InChI is InChI=1S/C16H12N6/c17-14-10-19-15(16(21-14)22-8-2-7-20-22)12-4-5-13-11(9-12)3-1-6-18-13/h1-10H,(H2,17,21). The molecule has 2 N–H and O–H groups in total. The molecule has 0 unspecified atom stereocenters. The molecular weight excluding hydrogens is 276 g/mol. The van der Waals surface area contributed by atoms with E-state index in [1.807, 2.05) is 42.6 Å². The third-order valence-electron chi connectivity index (χ3n) is 3.37. The largest absolute Gasteiger partial charge is 0.382 e. The summed E-state index contributed by atoms with van der Waals surface area (Å²) < 4.78 is 1.66. The number of nitrogen functional groups attached to an aromatic ring is 1. The highest BCUT2D eigenvalue weighted by molar-refractivity contribution is 5.84. The lowest BCUT2D eigenvalue weighted by Crippen LogP contribution is -2.05. The Morgan fingerprint density at radius 2 is 1.95 bits per heavy atom. The van der Waals surface area contributed by atoms with Crippen LogP contribution >= 0.6 is 0 Å². The zero-order chi connectivity index (χ0) is 14.9. The fourth-order valence-electron chi connectivity index (χ4n) is 2.37. The number of aromatic nitrogens is 5. The number of nitrogens with two attached hydrogens (primary N) is 1. The molecule has 0 amide bonds. The Morgan fingerprint density at radius 3 is 2.82 bits per heavy atom. The van der Waals surface area contributed by atoms with Gasteiger partial charge in [0.25, 0.3) is 0 Å². The van der Waals surface area contributed by atoms with Crippen LogP contribution in [0.2, 0.25) is 0 Å². The van der Waals surface area contributed by atoms with Gasteiger partial charge in [-0.25, -0.2) is 14.6 Å². The number of hydrogen-bond acceptors (Lipinski definition) is 5. The molecule has 4 aromatic rings. The molecule has 0 aliphatic heterocycles. The van der Waals surface area contributed by atoms with Gasteiger partial charge < -0.3 is 5.73 Å². The van der Waals surface area contributed by atoms with E-state index in [9.17, 15) is 0 Å². The lowest BCUT2D eigenvalue weighted by atomic mass is 10.1. The minimum atomic E-state index is 0.358. The summed E-state index contributed by atoms with van der Waals surface area (Å²) in [6.45, 7) is 0. The van der Waals surface area contributed by atoms with E-state index in [2.05, 4.69) is 20.1 Å². The first-order chi connectivity index (χ1) is 10.8. The van der Waals surface area contributed by atoms with Crippen molar-refractivity contribution < 1.29 is 0 Å². The van der Waals surface area contributed by atoms with Crippen molar-refractivity contribution in [3.05, 3.63) is 61.2 Å². The molecule has 0 spiro atoms. The van der Waals surface area contributed by atoms with Crippen LogP contribution in [0.15, 0.2) is 61.2 Å². The summed E-state index contributed by atoms with van der Waals surface area (Å²) in [6.07, 6.45) is 6.84. The first-order valence-electron chi connectivity index (χ1n) is 6.79. The number of nitrogens with zero attached hydrogens (tertiary/aromatic N) is 5. The van der Waals surface area contributed by atoms with Gasteiger partial charge >= 0.3 is 0 Å². The summed E-state index contributed by atoms with van der Waals surface area (Å²) >= 11 is 0. The summed E-state index contributed by atoms with van der Waals surface area (Å²) in [5, 5.41) is 5.27. The third kappa shape index (κ3) is 2.07. The Bertz CT molecular complexity index is 946. The fraction of sp³-hybridized carbons (Fsp3) is 0. The monoisotopic (exact) mass is 288 g/mol. The van der Waals surface area contributed by atoms with E-state index >= 15 is 0 Å². The topological polar surface area (TPSA) is 82.5 Å². The summed E-state index contributed by atoms with van der Waals surface area (Å²) in [6, 6.07) is 11.7. The molecule has 6 heteroatoms. The molecule has 4 rings (SSSR count). The van der Waals surface area contributed by atoms with Gasteiger partial charge in [-0.15, -0.1) is 0 Å². The van der Waals surface area contributed by atoms with Crippen molar-refractivity contribution in [1.29, 1.82) is 0 Å². The first kappa shape index (κ1) is 12.5.